The molecule has 4 N–H and O–H groups in total. The maximum absolute atomic E-state index is 10.9. The zero-order valence-electron chi connectivity index (χ0n) is 9.26. The van der Waals surface area contributed by atoms with E-state index in [0.29, 0.717) is 0 Å². The summed E-state index contributed by atoms with van der Waals surface area (Å²) in [6.07, 6.45) is -0.846. The standard InChI is InChI=1S/C11H12ClNO5/c12-4-7(14)5-13-9-3-6(10(15)16)1-2-8(9)11(17)18/h1-3,7,13-14H,4-5H2,(H,15,16)(H,17,18). The molecule has 1 unspecified atom stereocenters. The Kier molecular flexibility index (Phi) is 4.94. The molecule has 6 nitrogen and oxygen atoms in total. The average molecular weight is 274 g/mol. The second kappa shape index (κ2) is 6.23. The molecule has 0 spiro atoms. The van der Waals surface area contributed by atoms with Crippen LogP contribution in [-0.4, -0.2) is 45.8 Å². The van der Waals surface area contributed by atoms with Crippen molar-refractivity contribution in [3.63, 3.8) is 0 Å². The molecule has 1 aromatic rings. The third-order valence-electron chi connectivity index (χ3n) is 2.20. The number of carboxylic acids is 2. The van der Waals surface area contributed by atoms with Crippen molar-refractivity contribution in [1.29, 1.82) is 0 Å². The second-order valence-electron chi connectivity index (χ2n) is 3.56. The summed E-state index contributed by atoms with van der Waals surface area (Å²) in [7, 11) is 0. The Balaban J connectivity index is 3.00. The van der Waals surface area contributed by atoms with E-state index in [1.54, 1.807) is 0 Å². The maximum atomic E-state index is 10.9. The Bertz CT molecular complexity index is 463. The molecule has 0 aliphatic rings. The first-order chi connectivity index (χ1) is 8.45. The molecule has 98 valence electrons. The lowest BCUT2D eigenvalue weighted by molar-refractivity contribution is 0.0682. The van der Waals surface area contributed by atoms with Crippen LogP contribution in [0.3, 0.4) is 0 Å². The average Bonchev–Trinajstić information content (AvgIpc) is 2.35. The predicted molar refractivity (Wildman–Crippen MR) is 65.6 cm³/mol. The SMILES string of the molecule is O=C(O)c1ccc(C(=O)O)c(NCC(O)CCl)c1. The van der Waals surface area contributed by atoms with E-state index in [9.17, 15) is 14.7 Å². The molecule has 1 aromatic carbocycles. The van der Waals surface area contributed by atoms with Gasteiger partial charge in [-0.1, -0.05) is 0 Å². The number of carbonyl (C=O) groups is 2. The first kappa shape index (κ1) is 14.3. The summed E-state index contributed by atoms with van der Waals surface area (Å²) in [4.78, 5) is 21.7. The third-order valence-corrected chi connectivity index (χ3v) is 2.56. The minimum Gasteiger partial charge on any atom is -0.478 e. The molecular formula is C11H12ClNO5. The number of benzene rings is 1. The summed E-state index contributed by atoms with van der Waals surface area (Å²) < 4.78 is 0. The molecule has 0 bridgehead atoms. The van der Waals surface area contributed by atoms with E-state index < -0.39 is 18.0 Å². The molecule has 0 saturated heterocycles. The molecule has 0 fully saturated rings. The molecule has 0 saturated carbocycles. The topological polar surface area (TPSA) is 107 Å². The van der Waals surface area contributed by atoms with Gasteiger partial charge in [-0.05, 0) is 18.2 Å². The van der Waals surface area contributed by atoms with Crippen molar-refractivity contribution in [2.45, 2.75) is 6.10 Å². The van der Waals surface area contributed by atoms with Gasteiger partial charge in [0.15, 0.2) is 0 Å². The van der Waals surface area contributed by atoms with E-state index >= 15 is 0 Å². The van der Waals surface area contributed by atoms with Crippen LogP contribution < -0.4 is 5.32 Å². The van der Waals surface area contributed by atoms with Gasteiger partial charge < -0.3 is 20.6 Å². The van der Waals surface area contributed by atoms with E-state index in [0.717, 1.165) is 0 Å². The zero-order chi connectivity index (χ0) is 13.7. The van der Waals surface area contributed by atoms with Gasteiger partial charge in [-0.2, -0.15) is 0 Å². The largest absolute Gasteiger partial charge is 0.478 e. The fourth-order valence-electron chi connectivity index (χ4n) is 1.29. The second-order valence-corrected chi connectivity index (χ2v) is 3.87. The molecule has 1 atom stereocenters. The Hall–Kier alpha value is -1.79. The number of alkyl halides is 1. The van der Waals surface area contributed by atoms with Crippen LogP contribution in [0.15, 0.2) is 18.2 Å². The van der Waals surface area contributed by atoms with Crippen LogP contribution in [-0.2, 0) is 0 Å². The van der Waals surface area contributed by atoms with Crippen LogP contribution in [0.2, 0.25) is 0 Å². The normalized spacial score (nSPS) is 11.9. The quantitative estimate of drug-likeness (QED) is 0.578. The van der Waals surface area contributed by atoms with Crippen LogP contribution in [0, 0.1) is 0 Å². The van der Waals surface area contributed by atoms with Crippen LogP contribution >= 0.6 is 11.6 Å². The molecule has 0 heterocycles. The van der Waals surface area contributed by atoms with E-state index in [4.69, 9.17) is 21.8 Å². The van der Waals surface area contributed by atoms with Crippen LogP contribution in [0.25, 0.3) is 0 Å². The van der Waals surface area contributed by atoms with Gasteiger partial charge >= 0.3 is 11.9 Å². The lowest BCUT2D eigenvalue weighted by Crippen LogP contribution is -2.22. The molecule has 1 rings (SSSR count). The highest BCUT2D eigenvalue weighted by Crippen LogP contribution is 2.18. The number of aliphatic hydroxyl groups is 1. The van der Waals surface area contributed by atoms with E-state index in [2.05, 4.69) is 5.32 Å². The van der Waals surface area contributed by atoms with E-state index in [-0.39, 0.29) is 29.2 Å². The molecule has 0 aliphatic heterocycles. The van der Waals surface area contributed by atoms with E-state index in [1.165, 1.54) is 18.2 Å². The molecule has 18 heavy (non-hydrogen) atoms. The van der Waals surface area contributed by atoms with Crippen molar-refractivity contribution in [1.82, 2.24) is 0 Å². The number of aliphatic hydroxyl groups excluding tert-OH is 1. The lowest BCUT2D eigenvalue weighted by Gasteiger charge is -2.12. The van der Waals surface area contributed by atoms with Gasteiger partial charge in [-0.3, -0.25) is 0 Å². The number of anilines is 1. The molecular weight excluding hydrogens is 262 g/mol. The van der Waals surface area contributed by atoms with Gasteiger partial charge in [0.25, 0.3) is 0 Å². The number of hydrogen-bond acceptors (Lipinski definition) is 4. The monoisotopic (exact) mass is 273 g/mol. The summed E-state index contributed by atoms with van der Waals surface area (Å²) in [6, 6.07) is 3.60. The summed E-state index contributed by atoms with van der Waals surface area (Å²) in [6.45, 7) is 0.0346. The number of aromatic carboxylic acids is 2. The van der Waals surface area contributed by atoms with E-state index in [1.807, 2.05) is 0 Å². The highest BCUT2D eigenvalue weighted by molar-refractivity contribution is 6.18. The van der Waals surface area contributed by atoms with Gasteiger partial charge in [0.1, 0.15) is 0 Å². The minimum absolute atomic E-state index is 0.00593. The number of hydrogen-bond donors (Lipinski definition) is 4. The van der Waals surface area contributed by atoms with Crippen molar-refractivity contribution in [2.24, 2.45) is 0 Å². The Morgan fingerprint density at radius 2 is 1.94 bits per heavy atom. The van der Waals surface area contributed by atoms with Crippen molar-refractivity contribution in [3.05, 3.63) is 29.3 Å². The Labute approximate surface area is 108 Å². The maximum Gasteiger partial charge on any atom is 0.337 e. The van der Waals surface area contributed by atoms with Gasteiger partial charge in [0, 0.05) is 12.2 Å². The fourth-order valence-corrected chi connectivity index (χ4v) is 1.40. The minimum atomic E-state index is -1.19. The molecule has 0 amide bonds. The molecule has 0 aliphatic carbocycles. The summed E-state index contributed by atoms with van der Waals surface area (Å²) >= 11 is 5.40. The summed E-state index contributed by atoms with van der Waals surface area (Å²) in [5.41, 5.74) is 0.0243. The van der Waals surface area contributed by atoms with Crippen molar-refractivity contribution >= 4 is 29.2 Å². The van der Waals surface area contributed by atoms with Gasteiger partial charge in [-0.25, -0.2) is 9.59 Å². The van der Waals surface area contributed by atoms with Gasteiger partial charge in [0.2, 0.25) is 0 Å². The highest BCUT2D eigenvalue weighted by Gasteiger charge is 2.14. The van der Waals surface area contributed by atoms with Crippen LogP contribution in [0.1, 0.15) is 20.7 Å². The van der Waals surface area contributed by atoms with Gasteiger partial charge in [0.05, 0.1) is 23.1 Å². The lowest BCUT2D eigenvalue weighted by atomic mass is 10.1. The molecule has 0 aromatic heterocycles. The first-order valence-electron chi connectivity index (χ1n) is 5.04. The number of rotatable bonds is 6. The number of carboxylic acid groups (broad SMARTS) is 2. The Morgan fingerprint density at radius 1 is 1.28 bits per heavy atom. The Morgan fingerprint density at radius 3 is 2.44 bits per heavy atom. The van der Waals surface area contributed by atoms with Crippen molar-refractivity contribution in [3.8, 4) is 0 Å². The number of halogens is 1. The van der Waals surface area contributed by atoms with Gasteiger partial charge in [-0.15, -0.1) is 11.6 Å². The highest BCUT2D eigenvalue weighted by atomic mass is 35.5. The van der Waals surface area contributed by atoms with Crippen LogP contribution in [0.5, 0.6) is 0 Å². The summed E-state index contributed by atoms with van der Waals surface area (Å²) in [5.74, 6) is -2.35. The fraction of sp³-hybridized carbons (Fsp3) is 0.273. The predicted octanol–water partition coefficient (Wildman–Crippen LogP) is 1.09. The molecule has 0 radical (unpaired) electrons. The number of nitrogens with one attached hydrogen (secondary N) is 1. The van der Waals surface area contributed by atoms with Crippen LogP contribution in [0.4, 0.5) is 5.69 Å². The smallest absolute Gasteiger partial charge is 0.337 e. The first-order valence-corrected chi connectivity index (χ1v) is 5.57. The third kappa shape index (κ3) is 3.61. The van der Waals surface area contributed by atoms with Crippen molar-refractivity contribution in [2.75, 3.05) is 17.7 Å². The van der Waals surface area contributed by atoms with Crippen molar-refractivity contribution < 1.29 is 24.9 Å². The molecule has 7 heteroatoms. The summed E-state index contributed by atoms with van der Waals surface area (Å²) in [5, 5.41) is 29.7. The zero-order valence-corrected chi connectivity index (χ0v) is 10.0.